The van der Waals surface area contributed by atoms with E-state index in [4.69, 9.17) is 0 Å². The second-order valence-corrected chi connectivity index (χ2v) is 14.1. The molecule has 2 saturated heterocycles. The second-order valence-electron chi connectivity index (χ2n) is 12.4. The van der Waals surface area contributed by atoms with Crippen molar-refractivity contribution < 1.29 is 27.9 Å². The Morgan fingerprint density at radius 3 is 2.02 bits per heavy atom. The number of piperidine rings is 2. The third-order valence-electron chi connectivity index (χ3n) is 9.29. The quantitative estimate of drug-likeness (QED) is 0.173. The molecule has 0 aromatic heterocycles. The Morgan fingerprint density at radius 1 is 0.860 bits per heavy atom. The van der Waals surface area contributed by atoms with E-state index in [0.29, 0.717) is 11.8 Å². The van der Waals surface area contributed by atoms with E-state index < -0.39 is 34.5 Å². The Morgan fingerprint density at radius 2 is 1.44 bits per heavy atom. The van der Waals surface area contributed by atoms with E-state index in [1.165, 1.54) is 6.07 Å². The van der Waals surface area contributed by atoms with Gasteiger partial charge in [0, 0.05) is 12.5 Å². The Labute approximate surface area is 255 Å². The van der Waals surface area contributed by atoms with E-state index in [2.05, 4.69) is 26.0 Å². The molecule has 1 aromatic rings. The minimum atomic E-state index is -4.11. The maximum Gasteiger partial charge on any atom is 0.323 e. The average molecular weight is 620 g/mol. The smallest absolute Gasteiger partial charge is 0.323 e. The Hall–Kier alpha value is -2.54. The number of carboxylic acids is 1. The molecule has 1 aliphatic carbocycles. The fraction of sp³-hybridized carbons (Fsp3) is 0.710. The largest absolute Gasteiger partial charge is 0.480 e. The van der Waals surface area contributed by atoms with Crippen LogP contribution >= 0.6 is 0 Å². The molecular weight excluding hydrogens is 570 g/mol. The van der Waals surface area contributed by atoms with Gasteiger partial charge in [-0.1, -0.05) is 6.07 Å². The van der Waals surface area contributed by atoms with Gasteiger partial charge in [-0.15, -0.1) is 0 Å². The zero-order valence-electron chi connectivity index (χ0n) is 25.2. The number of fused-ring (bicyclic) bond motifs is 1. The standard InChI is InChI=1S/C31H49N5O6S/c37-29(34-20-28(31(39)40)36-43(41,42)27-10-9-24-3-1-2-4-26(24)19-27)21-35-30(38)25(7-5-22-11-15-32-16-12-22)8-6-23-13-17-33-18-14-23/h9-10,19,22-23,25,28,32-33,36H,1-8,11-18,20-21H2,(H,34,37)(H,35,38)(H,39,40). The summed E-state index contributed by atoms with van der Waals surface area (Å²) in [5, 5.41) is 21.6. The monoisotopic (exact) mass is 619 g/mol. The van der Waals surface area contributed by atoms with Crippen molar-refractivity contribution >= 4 is 27.8 Å². The third-order valence-corrected chi connectivity index (χ3v) is 10.8. The molecule has 1 unspecified atom stereocenters. The van der Waals surface area contributed by atoms with Crippen LogP contribution in [0.15, 0.2) is 23.1 Å². The van der Waals surface area contributed by atoms with Gasteiger partial charge in [0.05, 0.1) is 11.4 Å². The molecule has 4 rings (SSSR count). The number of aliphatic carboxylic acids is 1. The zero-order valence-corrected chi connectivity index (χ0v) is 26.0. The first kappa shape index (κ1) is 33.4. The van der Waals surface area contributed by atoms with Crippen LogP contribution in [0.4, 0.5) is 0 Å². The van der Waals surface area contributed by atoms with E-state index in [1.807, 2.05) is 0 Å². The van der Waals surface area contributed by atoms with Crippen molar-refractivity contribution in [3.63, 3.8) is 0 Å². The Bertz CT molecular complexity index is 1180. The molecule has 2 aliphatic heterocycles. The summed E-state index contributed by atoms with van der Waals surface area (Å²) in [5.41, 5.74) is 2.09. The number of aryl methyl sites for hydroxylation is 2. The zero-order chi connectivity index (χ0) is 30.7. The van der Waals surface area contributed by atoms with Gasteiger partial charge in [0.2, 0.25) is 21.8 Å². The summed E-state index contributed by atoms with van der Waals surface area (Å²) in [5.74, 6) is -1.08. The van der Waals surface area contributed by atoms with Gasteiger partial charge in [-0.3, -0.25) is 14.4 Å². The van der Waals surface area contributed by atoms with Crippen LogP contribution in [0, 0.1) is 17.8 Å². The van der Waals surface area contributed by atoms with E-state index in [1.54, 1.807) is 12.1 Å². The number of benzene rings is 1. The number of rotatable bonds is 15. The van der Waals surface area contributed by atoms with Crippen LogP contribution in [0.3, 0.4) is 0 Å². The molecule has 0 spiro atoms. The van der Waals surface area contributed by atoms with Gasteiger partial charge < -0.3 is 26.4 Å². The highest BCUT2D eigenvalue weighted by Gasteiger charge is 2.28. The fourth-order valence-corrected chi connectivity index (χ4v) is 7.76. The summed E-state index contributed by atoms with van der Waals surface area (Å²) in [7, 11) is -4.11. The predicted octanol–water partition coefficient (Wildman–Crippen LogP) is 1.71. The molecule has 12 heteroatoms. The van der Waals surface area contributed by atoms with Crippen molar-refractivity contribution in [2.24, 2.45) is 17.8 Å². The molecule has 0 bridgehead atoms. The summed E-state index contributed by atoms with van der Waals surface area (Å²) < 4.78 is 28.1. The van der Waals surface area contributed by atoms with Crippen molar-refractivity contribution in [3.8, 4) is 0 Å². The summed E-state index contributed by atoms with van der Waals surface area (Å²) >= 11 is 0. The lowest BCUT2D eigenvalue weighted by atomic mass is 9.84. The van der Waals surface area contributed by atoms with Gasteiger partial charge in [0.1, 0.15) is 6.04 Å². The molecule has 0 radical (unpaired) electrons. The Kier molecular flexibility index (Phi) is 12.8. The lowest BCUT2D eigenvalue weighted by Crippen LogP contribution is -2.50. The van der Waals surface area contributed by atoms with Gasteiger partial charge in [-0.05, 0) is 138 Å². The van der Waals surface area contributed by atoms with E-state index >= 15 is 0 Å². The van der Waals surface area contributed by atoms with Crippen LogP contribution in [-0.4, -0.2) is 76.6 Å². The number of carbonyl (C=O) groups is 3. The summed E-state index contributed by atoms with van der Waals surface area (Å²) in [6, 6.07) is 3.33. The number of carbonyl (C=O) groups excluding carboxylic acids is 2. The van der Waals surface area contributed by atoms with Crippen molar-refractivity contribution in [1.82, 2.24) is 26.0 Å². The van der Waals surface area contributed by atoms with E-state index in [0.717, 1.165) is 114 Å². The van der Waals surface area contributed by atoms with Gasteiger partial charge in [0.25, 0.3) is 0 Å². The van der Waals surface area contributed by atoms with Crippen molar-refractivity contribution in [2.75, 3.05) is 39.3 Å². The number of amides is 2. The van der Waals surface area contributed by atoms with Crippen LogP contribution in [0.1, 0.15) is 75.3 Å². The average Bonchev–Trinajstić information content (AvgIpc) is 3.02. The van der Waals surface area contributed by atoms with Crippen LogP contribution < -0.4 is 26.0 Å². The summed E-state index contributed by atoms with van der Waals surface area (Å²) in [4.78, 5) is 37.6. The number of carboxylic acid groups (broad SMARTS) is 1. The van der Waals surface area contributed by atoms with Crippen LogP contribution in [0.5, 0.6) is 0 Å². The second kappa shape index (κ2) is 16.5. The number of hydrogen-bond acceptors (Lipinski definition) is 7. The van der Waals surface area contributed by atoms with Crippen LogP contribution in [0.2, 0.25) is 0 Å². The molecule has 2 heterocycles. The van der Waals surface area contributed by atoms with Crippen molar-refractivity contribution in [2.45, 2.75) is 88.0 Å². The molecule has 1 atom stereocenters. The minimum Gasteiger partial charge on any atom is -0.480 e. The lowest BCUT2D eigenvalue weighted by molar-refractivity contribution is -0.139. The summed E-state index contributed by atoms with van der Waals surface area (Å²) in [6.45, 7) is 3.31. The third kappa shape index (κ3) is 10.5. The van der Waals surface area contributed by atoms with Gasteiger partial charge in [0.15, 0.2) is 0 Å². The molecule has 3 aliphatic rings. The normalized spacial score (nSPS) is 19.0. The highest BCUT2D eigenvalue weighted by molar-refractivity contribution is 7.89. The number of sulfonamides is 1. The molecule has 240 valence electrons. The van der Waals surface area contributed by atoms with Crippen LogP contribution in [0.25, 0.3) is 0 Å². The molecule has 6 N–H and O–H groups in total. The topological polar surface area (TPSA) is 166 Å². The molecule has 2 fully saturated rings. The maximum atomic E-state index is 13.2. The maximum absolute atomic E-state index is 13.2. The molecule has 43 heavy (non-hydrogen) atoms. The van der Waals surface area contributed by atoms with E-state index in [-0.39, 0.29) is 23.3 Å². The SMILES string of the molecule is O=C(CNC(=O)C(CCC1CCNCC1)CCC1CCNCC1)NCC(NS(=O)(=O)c1ccc2c(c1)CCCC2)C(=O)O. The fourth-order valence-electron chi connectivity index (χ4n) is 6.52. The highest BCUT2D eigenvalue weighted by Crippen LogP contribution is 2.27. The summed E-state index contributed by atoms with van der Waals surface area (Å²) in [6.07, 6.45) is 11.8. The Balaban J connectivity index is 1.26. The van der Waals surface area contributed by atoms with E-state index in [9.17, 15) is 27.9 Å². The first-order valence-corrected chi connectivity index (χ1v) is 17.5. The lowest BCUT2D eigenvalue weighted by Gasteiger charge is -2.27. The molecular formula is C31H49N5O6S. The number of nitrogens with one attached hydrogen (secondary N) is 5. The molecule has 2 amide bonds. The molecule has 1 aromatic carbocycles. The minimum absolute atomic E-state index is 0.0120. The van der Waals surface area contributed by atoms with Gasteiger partial charge >= 0.3 is 5.97 Å². The first-order chi connectivity index (χ1) is 20.7. The first-order valence-electron chi connectivity index (χ1n) is 16.0. The molecule has 0 saturated carbocycles. The molecule has 11 nitrogen and oxygen atoms in total. The van der Waals surface area contributed by atoms with Crippen molar-refractivity contribution in [1.29, 1.82) is 0 Å². The highest BCUT2D eigenvalue weighted by atomic mass is 32.2. The number of hydrogen-bond donors (Lipinski definition) is 6. The van der Waals surface area contributed by atoms with Crippen molar-refractivity contribution in [3.05, 3.63) is 29.3 Å². The predicted molar refractivity (Wildman–Crippen MR) is 164 cm³/mol. The van der Waals surface area contributed by atoms with Gasteiger partial charge in [-0.2, -0.15) is 4.72 Å². The van der Waals surface area contributed by atoms with Crippen LogP contribution in [-0.2, 0) is 37.2 Å². The van der Waals surface area contributed by atoms with Gasteiger partial charge in [-0.25, -0.2) is 8.42 Å².